The molecule has 4 nitrogen and oxygen atoms in total. The molecular formula is C16H24N4. The molecule has 1 aromatic carbocycles. The van der Waals surface area contributed by atoms with Crippen molar-refractivity contribution in [3.05, 3.63) is 30.5 Å². The molecule has 0 N–H and O–H groups in total. The second kappa shape index (κ2) is 5.65. The zero-order chi connectivity index (χ0) is 14.8. The molecule has 1 heterocycles. The summed E-state index contributed by atoms with van der Waals surface area (Å²) < 4.78 is 1.94. The fourth-order valence-electron chi connectivity index (χ4n) is 1.99. The monoisotopic (exact) mass is 272 g/mol. The van der Waals surface area contributed by atoms with Crippen LogP contribution in [-0.4, -0.2) is 29.1 Å². The van der Waals surface area contributed by atoms with Crippen molar-refractivity contribution in [2.45, 2.75) is 33.7 Å². The maximum absolute atomic E-state index is 4.28. The Morgan fingerprint density at radius 3 is 2.35 bits per heavy atom. The molecule has 0 bridgehead atoms. The molecule has 4 heteroatoms. The summed E-state index contributed by atoms with van der Waals surface area (Å²) in [6.45, 7) is 7.60. The van der Waals surface area contributed by atoms with Gasteiger partial charge in [0.15, 0.2) is 0 Å². The molecular weight excluding hydrogens is 248 g/mol. The van der Waals surface area contributed by atoms with Crippen LogP contribution in [0.4, 0.5) is 5.69 Å². The number of rotatable bonds is 5. The first-order chi connectivity index (χ1) is 9.41. The molecule has 0 amide bonds. The molecule has 0 atom stereocenters. The lowest BCUT2D eigenvalue weighted by molar-refractivity contribution is 0.277. The van der Waals surface area contributed by atoms with Crippen LogP contribution in [0.15, 0.2) is 30.5 Å². The molecule has 20 heavy (non-hydrogen) atoms. The van der Waals surface area contributed by atoms with E-state index in [1.54, 1.807) is 0 Å². The second-order valence-electron chi connectivity index (χ2n) is 6.26. The molecule has 0 fully saturated rings. The number of aromatic nitrogens is 3. The molecule has 0 unspecified atom stereocenters. The van der Waals surface area contributed by atoms with Gasteiger partial charge in [0.25, 0.3) is 0 Å². The Morgan fingerprint density at radius 2 is 1.80 bits per heavy atom. The van der Waals surface area contributed by atoms with Crippen molar-refractivity contribution in [2.75, 3.05) is 19.0 Å². The molecule has 0 saturated heterocycles. The third-order valence-corrected chi connectivity index (χ3v) is 3.77. The number of hydrogen-bond acceptors (Lipinski definition) is 3. The minimum atomic E-state index is 0.250. The van der Waals surface area contributed by atoms with Crippen LogP contribution in [0, 0.1) is 5.41 Å². The van der Waals surface area contributed by atoms with Crippen molar-refractivity contribution >= 4 is 5.69 Å². The Balaban J connectivity index is 2.16. The molecule has 0 saturated carbocycles. The second-order valence-corrected chi connectivity index (χ2v) is 6.26. The first-order valence-corrected chi connectivity index (χ1v) is 7.09. The molecule has 0 radical (unpaired) electrons. The van der Waals surface area contributed by atoms with E-state index in [1.165, 1.54) is 5.69 Å². The van der Waals surface area contributed by atoms with Crippen molar-refractivity contribution in [3.8, 4) is 11.3 Å². The molecule has 0 aliphatic heterocycles. The van der Waals surface area contributed by atoms with Crippen LogP contribution < -0.4 is 4.90 Å². The van der Waals surface area contributed by atoms with Crippen molar-refractivity contribution < 1.29 is 0 Å². The third-order valence-electron chi connectivity index (χ3n) is 3.77. The summed E-state index contributed by atoms with van der Waals surface area (Å²) in [5, 5.41) is 8.52. The van der Waals surface area contributed by atoms with E-state index in [9.17, 15) is 0 Å². The van der Waals surface area contributed by atoms with Crippen molar-refractivity contribution in [1.29, 1.82) is 0 Å². The first kappa shape index (κ1) is 14.6. The summed E-state index contributed by atoms with van der Waals surface area (Å²) in [6.07, 6.45) is 3.15. The largest absolute Gasteiger partial charge is 0.378 e. The van der Waals surface area contributed by atoms with Crippen LogP contribution in [0.25, 0.3) is 11.3 Å². The Labute approximate surface area is 121 Å². The summed E-state index contributed by atoms with van der Waals surface area (Å²) >= 11 is 0. The SMILES string of the molecule is CCC(C)(C)Cn1cc(-c2ccc(N(C)C)cc2)nn1. The van der Waals surface area contributed by atoms with Crippen LogP contribution in [0.2, 0.25) is 0 Å². The lowest BCUT2D eigenvalue weighted by atomic mass is 9.90. The van der Waals surface area contributed by atoms with Gasteiger partial charge >= 0.3 is 0 Å². The van der Waals surface area contributed by atoms with E-state index in [2.05, 4.69) is 60.2 Å². The molecule has 0 aliphatic carbocycles. The van der Waals surface area contributed by atoms with Crippen molar-refractivity contribution in [1.82, 2.24) is 15.0 Å². The topological polar surface area (TPSA) is 34.0 Å². The molecule has 0 aliphatic rings. The summed E-state index contributed by atoms with van der Waals surface area (Å²) in [5.74, 6) is 0. The number of nitrogens with zero attached hydrogens (tertiary/aromatic N) is 4. The van der Waals surface area contributed by atoms with E-state index in [-0.39, 0.29) is 5.41 Å². The van der Waals surface area contributed by atoms with Gasteiger partial charge in [-0.2, -0.15) is 0 Å². The zero-order valence-electron chi connectivity index (χ0n) is 13.1. The van der Waals surface area contributed by atoms with E-state index in [0.29, 0.717) is 0 Å². The van der Waals surface area contributed by atoms with E-state index >= 15 is 0 Å². The third kappa shape index (κ3) is 3.38. The Hall–Kier alpha value is -1.84. The number of hydrogen-bond donors (Lipinski definition) is 0. The highest BCUT2D eigenvalue weighted by Gasteiger charge is 2.17. The van der Waals surface area contributed by atoms with Gasteiger partial charge in [0, 0.05) is 31.9 Å². The van der Waals surface area contributed by atoms with Crippen LogP contribution in [0.1, 0.15) is 27.2 Å². The molecule has 0 spiro atoms. The summed E-state index contributed by atoms with van der Waals surface area (Å²) in [6, 6.07) is 8.39. The number of benzene rings is 1. The fourth-order valence-corrected chi connectivity index (χ4v) is 1.99. The normalized spacial score (nSPS) is 11.7. The van der Waals surface area contributed by atoms with Crippen LogP contribution >= 0.6 is 0 Å². The Kier molecular flexibility index (Phi) is 4.12. The predicted molar refractivity (Wildman–Crippen MR) is 83.9 cm³/mol. The maximum atomic E-state index is 4.28. The minimum Gasteiger partial charge on any atom is -0.378 e. The maximum Gasteiger partial charge on any atom is 0.113 e. The van der Waals surface area contributed by atoms with Gasteiger partial charge in [0.05, 0.1) is 6.20 Å². The zero-order valence-corrected chi connectivity index (χ0v) is 13.1. The summed E-state index contributed by atoms with van der Waals surface area (Å²) in [5.41, 5.74) is 3.48. The van der Waals surface area contributed by atoms with Crippen LogP contribution in [0.3, 0.4) is 0 Å². The highest BCUT2D eigenvalue weighted by molar-refractivity contribution is 5.61. The van der Waals surface area contributed by atoms with E-state index < -0.39 is 0 Å². The smallest absolute Gasteiger partial charge is 0.113 e. The minimum absolute atomic E-state index is 0.250. The average Bonchev–Trinajstić information content (AvgIpc) is 2.86. The van der Waals surface area contributed by atoms with Crippen molar-refractivity contribution in [2.24, 2.45) is 5.41 Å². The summed E-state index contributed by atoms with van der Waals surface area (Å²) in [4.78, 5) is 2.09. The van der Waals surface area contributed by atoms with E-state index in [1.807, 2.05) is 25.0 Å². The van der Waals surface area contributed by atoms with Gasteiger partial charge in [-0.3, -0.25) is 4.68 Å². The fraction of sp³-hybridized carbons (Fsp3) is 0.500. The van der Waals surface area contributed by atoms with Gasteiger partial charge in [-0.15, -0.1) is 5.10 Å². The molecule has 2 rings (SSSR count). The van der Waals surface area contributed by atoms with Gasteiger partial charge in [0.2, 0.25) is 0 Å². The quantitative estimate of drug-likeness (QED) is 0.836. The lowest BCUT2D eigenvalue weighted by Gasteiger charge is -2.21. The highest BCUT2D eigenvalue weighted by Crippen LogP contribution is 2.24. The van der Waals surface area contributed by atoms with Gasteiger partial charge in [-0.1, -0.05) is 38.1 Å². The van der Waals surface area contributed by atoms with Gasteiger partial charge < -0.3 is 4.90 Å². The van der Waals surface area contributed by atoms with Crippen molar-refractivity contribution in [3.63, 3.8) is 0 Å². The van der Waals surface area contributed by atoms with E-state index in [4.69, 9.17) is 0 Å². The lowest BCUT2D eigenvalue weighted by Crippen LogP contribution is -2.18. The summed E-state index contributed by atoms with van der Waals surface area (Å²) in [7, 11) is 4.08. The standard InChI is InChI=1S/C16H24N4/c1-6-16(2,3)12-20-11-15(17-18-20)13-7-9-14(10-8-13)19(4)5/h7-11H,6,12H2,1-5H3. The van der Waals surface area contributed by atoms with E-state index in [0.717, 1.165) is 24.2 Å². The van der Waals surface area contributed by atoms with Gasteiger partial charge in [-0.25, -0.2) is 0 Å². The van der Waals surface area contributed by atoms with Crippen LogP contribution in [0.5, 0.6) is 0 Å². The van der Waals surface area contributed by atoms with Crippen LogP contribution in [-0.2, 0) is 6.54 Å². The van der Waals surface area contributed by atoms with Gasteiger partial charge in [0.1, 0.15) is 5.69 Å². The molecule has 1 aromatic heterocycles. The molecule has 2 aromatic rings. The predicted octanol–water partition coefficient (Wildman–Crippen LogP) is 3.45. The average molecular weight is 272 g/mol. The first-order valence-electron chi connectivity index (χ1n) is 7.09. The Bertz CT molecular complexity index is 552. The Morgan fingerprint density at radius 1 is 1.15 bits per heavy atom. The van der Waals surface area contributed by atoms with Gasteiger partial charge in [-0.05, 0) is 24.0 Å². The number of anilines is 1. The molecule has 108 valence electrons. The highest BCUT2D eigenvalue weighted by atomic mass is 15.4.